The van der Waals surface area contributed by atoms with E-state index in [2.05, 4.69) is 0 Å². The number of nitrogens with zero attached hydrogens (tertiary/aromatic N) is 1. The molecule has 0 aliphatic heterocycles. The van der Waals surface area contributed by atoms with E-state index >= 15 is 0 Å². The van der Waals surface area contributed by atoms with Gasteiger partial charge in [0.1, 0.15) is 9.36 Å². The van der Waals surface area contributed by atoms with E-state index in [0.717, 1.165) is 0 Å². The summed E-state index contributed by atoms with van der Waals surface area (Å²) in [4.78, 5) is 9.91. The second kappa shape index (κ2) is 5.93. The third kappa shape index (κ3) is 3.39. The van der Waals surface area contributed by atoms with Crippen molar-refractivity contribution in [1.29, 1.82) is 0 Å². The Labute approximate surface area is 118 Å². The Morgan fingerprint density at radius 2 is 1.89 bits per heavy atom. The standard InChI is InChI=1S/C10H12INO5S/c1-2-18(16,17)10(11)9(13)7-3-5-8(6-4-7)12(14)15/h3-6,9-10,13H,2H2,1H3/t9-,10+/m0/s1. The van der Waals surface area contributed by atoms with E-state index in [1.54, 1.807) is 22.6 Å². The van der Waals surface area contributed by atoms with Crippen LogP contribution in [0.25, 0.3) is 0 Å². The van der Waals surface area contributed by atoms with Gasteiger partial charge in [-0.15, -0.1) is 0 Å². The quantitative estimate of drug-likeness (QED) is 0.361. The highest BCUT2D eigenvalue weighted by molar-refractivity contribution is 14.1. The number of aliphatic hydroxyl groups is 1. The van der Waals surface area contributed by atoms with Crippen molar-refractivity contribution in [2.75, 3.05) is 5.75 Å². The number of halogens is 1. The molecule has 2 atom stereocenters. The predicted molar refractivity (Wildman–Crippen MR) is 75.3 cm³/mol. The lowest BCUT2D eigenvalue weighted by Gasteiger charge is -2.17. The fourth-order valence-electron chi connectivity index (χ4n) is 1.30. The van der Waals surface area contributed by atoms with Crippen molar-refractivity contribution in [2.45, 2.75) is 16.3 Å². The summed E-state index contributed by atoms with van der Waals surface area (Å²) < 4.78 is 22.3. The molecule has 0 fully saturated rings. The van der Waals surface area contributed by atoms with Crippen LogP contribution in [0.3, 0.4) is 0 Å². The Balaban J connectivity index is 2.98. The fourth-order valence-corrected chi connectivity index (χ4v) is 3.66. The fraction of sp³-hybridized carbons (Fsp3) is 0.400. The topological polar surface area (TPSA) is 97.5 Å². The minimum absolute atomic E-state index is 0.0648. The van der Waals surface area contributed by atoms with E-state index in [0.29, 0.717) is 5.56 Å². The molecule has 0 saturated heterocycles. The van der Waals surface area contributed by atoms with Gasteiger partial charge < -0.3 is 5.11 Å². The van der Waals surface area contributed by atoms with Crippen molar-refractivity contribution in [1.82, 2.24) is 0 Å². The normalized spacial score (nSPS) is 15.1. The van der Waals surface area contributed by atoms with Crippen LogP contribution in [0.5, 0.6) is 0 Å². The summed E-state index contributed by atoms with van der Waals surface area (Å²) in [6.45, 7) is 1.50. The molecule has 0 heterocycles. The molecule has 1 rings (SSSR count). The first-order chi connectivity index (χ1) is 8.29. The predicted octanol–water partition coefficient (Wildman–Crippen LogP) is 1.82. The first-order valence-corrected chi connectivity index (χ1v) is 8.03. The van der Waals surface area contributed by atoms with Gasteiger partial charge in [0.2, 0.25) is 0 Å². The van der Waals surface area contributed by atoms with Crippen molar-refractivity contribution in [3.05, 3.63) is 39.9 Å². The molecule has 1 aromatic carbocycles. The van der Waals surface area contributed by atoms with Crippen LogP contribution in [0.2, 0.25) is 0 Å². The Morgan fingerprint density at radius 3 is 2.28 bits per heavy atom. The van der Waals surface area contributed by atoms with Gasteiger partial charge in [-0.05, 0) is 17.7 Å². The lowest BCUT2D eigenvalue weighted by molar-refractivity contribution is -0.384. The second-order valence-corrected chi connectivity index (χ2v) is 8.19. The lowest BCUT2D eigenvalue weighted by atomic mass is 10.1. The molecule has 0 saturated carbocycles. The van der Waals surface area contributed by atoms with Crippen LogP contribution in [0.4, 0.5) is 5.69 Å². The van der Waals surface area contributed by atoms with Crippen LogP contribution in [-0.2, 0) is 9.84 Å². The number of benzene rings is 1. The van der Waals surface area contributed by atoms with Gasteiger partial charge in [0.05, 0.1) is 4.92 Å². The third-order valence-corrected chi connectivity index (χ3v) is 7.19. The van der Waals surface area contributed by atoms with Gasteiger partial charge in [-0.25, -0.2) is 8.42 Å². The zero-order valence-electron chi connectivity index (χ0n) is 9.48. The Hall–Kier alpha value is -0.740. The minimum atomic E-state index is -3.37. The SMILES string of the molecule is CCS(=O)(=O)[C@@H](I)[C@@H](O)c1ccc([N+](=O)[O-])cc1. The highest BCUT2D eigenvalue weighted by Gasteiger charge is 2.29. The molecule has 0 unspecified atom stereocenters. The van der Waals surface area contributed by atoms with Gasteiger partial charge in [-0.1, -0.05) is 29.5 Å². The molecular formula is C10H12INO5S. The van der Waals surface area contributed by atoms with Crippen LogP contribution < -0.4 is 0 Å². The van der Waals surface area contributed by atoms with E-state index < -0.39 is 24.1 Å². The summed E-state index contributed by atoms with van der Waals surface area (Å²) in [5.74, 6) is -0.0648. The van der Waals surface area contributed by atoms with Crippen LogP contribution >= 0.6 is 22.6 Å². The number of rotatable bonds is 5. The number of nitro groups is 1. The third-order valence-electron chi connectivity index (χ3n) is 2.44. The number of aliphatic hydroxyl groups excluding tert-OH is 1. The monoisotopic (exact) mass is 385 g/mol. The molecule has 8 heteroatoms. The van der Waals surface area contributed by atoms with Crippen LogP contribution in [0, 0.1) is 10.1 Å². The van der Waals surface area contributed by atoms with Crippen molar-refractivity contribution in [2.24, 2.45) is 0 Å². The summed E-state index contributed by atoms with van der Waals surface area (Å²) in [5, 5.41) is 20.4. The molecule has 0 aliphatic carbocycles. The van der Waals surface area contributed by atoms with E-state index in [4.69, 9.17) is 0 Å². The average molecular weight is 385 g/mol. The number of hydrogen-bond acceptors (Lipinski definition) is 5. The molecule has 0 bridgehead atoms. The van der Waals surface area contributed by atoms with E-state index in [-0.39, 0.29) is 11.4 Å². The molecule has 0 radical (unpaired) electrons. The maximum Gasteiger partial charge on any atom is 0.269 e. The van der Waals surface area contributed by atoms with Crippen molar-refractivity contribution >= 4 is 38.1 Å². The van der Waals surface area contributed by atoms with Crippen LogP contribution in [-0.4, -0.2) is 27.5 Å². The summed E-state index contributed by atoms with van der Waals surface area (Å²) in [6, 6.07) is 5.19. The summed E-state index contributed by atoms with van der Waals surface area (Å²) >= 11 is 1.66. The molecule has 0 aromatic heterocycles. The van der Waals surface area contributed by atoms with Crippen LogP contribution in [0.1, 0.15) is 18.6 Å². The van der Waals surface area contributed by atoms with Gasteiger partial charge in [-0.2, -0.15) is 0 Å². The number of nitro benzene ring substituents is 1. The van der Waals surface area contributed by atoms with Crippen molar-refractivity contribution in [3.8, 4) is 0 Å². The highest BCUT2D eigenvalue weighted by atomic mass is 127. The summed E-state index contributed by atoms with van der Waals surface area (Å²) in [5.41, 5.74) is 0.242. The zero-order valence-corrected chi connectivity index (χ0v) is 12.5. The number of alkyl halides is 1. The van der Waals surface area contributed by atoms with E-state index in [9.17, 15) is 23.6 Å². The molecule has 18 heavy (non-hydrogen) atoms. The Kier molecular flexibility index (Phi) is 5.05. The first kappa shape index (κ1) is 15.3. The Morgan fingerprint density at radius 1 is 1.39 bits per heavy atom. The second-order valence-electron chi connectivity index (χ2n) is 3.60. The van der Waals surface area contributed by atoms with Crippen molar-refractivity contribution < 1.29 is 18.4 Å². The highest BCUT2D eigenvalue weighted by Crippen LogP contribution is 2.28. The lowest BCUT2D eigenvalue weighted by Crippen LogP contribution is -2.24. The maximum atomic E-state index is 11.6. The largest absolute Gasteiger partial charge is 0.386 e. The number of hydrogen-bond donors (Lipinski definition) is 1. The molecule has 0 spiro atoms. The van der Waals surface area contributed by atoms with Crippen LogP contribution in [0.15, 0.2) is 24.3 Å². The van der Waals surface area contributed by atoms with Gasteiger partial charge >= 0.3 is 0 Å². The smallest absolute Gasteiger partial charge is 0.269 e. The van der Waals surface area contributed by atoms with E-state index in [1.807, 2.05) is 0 Å². The number of non-ortho nitro benzene ring substituents is 1. The van der Waals surface area contributed by atoms with Gasteiger partial charge in [0.25, 0.3) is 5.69 Å². The van der Waals surface area contributed by atoms with Gasteiger partial charge in [-0.3, -0.25) is 10.1 Å². The van der Waals surface area contributed by atoms with Crippen molar-refractivity contribution in [3.63, 3.8) is 0 Å². The molecular weight excluding hydrogens is 373 g/mol. The van der Waals surface area contributed by atoms with Gasteiger partial charge in [0.15, 0.2) is 9.84 Å². The average Bonchev–Trinajstić information content (AvgIpc) is 2.37. The molecule has 6 nitrogen and oxygen atoms in total. The Bertz CT molecular complexity index is 528. The molecule has 1 N–H and O–H groups in total. The first-order valence-electron chi connectivity index (χ1n) is 5.07. The zero-order chi connectivity index (χ0) is 13.9. The minimum Gasteiger partial charge on any atom is -0.386 e. The summed E-state index contributed by atoms with van der Waals surface area (Å²) in [7, 11) is -3.37. The van der Waals surface area contributed by atoms with Gasteiger partial charge in [0, 0.05) is 17.9 Å². The summed E-state index contributed by atoms with van der Waals surface area (Å²) in [6.07, 6.45) is -1.20. The maximum absolute atomic E-state index is 11.6. The molecule has 0 aliphatic rings. The number of sulfone groups is 1. The molecule has 1 aromatic rings. The van der Waals surface area contributed by atoms with E-state index in [1.165, 1.54) is 31.2 Å². The molecule has 0 amide bonds. The molecule has 100 valence electrons.